The molecule has 1 rings (SSSR count). The van der Waals surface area contributed by atoms with Crippen molar-refractivity contribution in [2.75, 3.05) is 27.2 Å². The Bertz CT molecular complexity index is 526. The van der Waals surface area contributed by atoms with E-state index in [1.165, 1.54) is 23.1 Å². The fourth-order valence-electron chi connectivity index (χ4n) is 1.33. The highest BCUT2D eigenvalue weighted by atomic mass is 32.2. The van der Waals surface area contributed by atoms with E-state index in [1.54, 1.807) is 20.2 Å². The molecule has 0 aliphatic carbocycles. The van der Waals surface area contributed by atoms with Crippen molar-refractivity contribution in [2.45, 2.75) is 4.90 Å². The van der Waals surface area contributed by atoms with Crippen molar-refractivity contribution < 1.29 is 13.2 Å². The highest BCUT2D eigenvalue weighted by Gasteiger charge is 2.16. The van der Waals surface area contributed by atoms with Crippen LogP contribution in [0.4, 0.5) is 0 Å². The van der Waals surface area contributed by atoms with Crippen molar-refractivity contribution in [3.05, 3.63) is 29.8 Å². The first-order valence-electron chi connectivity index (χ1n) is 5.40. The second kappa shape index (κ2) is 5.94. The third-order valence-corrected chi connectivity index (χ3v) is 3.69. The number of nitrogens with one attached hydrogen (secondary N) is 1. The molecule has 0 heterocycles. The van der Waals surface area contributed by atoms with Crippen LogP contribution in [0.1, 0.15) is 10.4 Å². The SMILES string of the molecule is CN(C)C(=O)c1cccc(S(=O)(=O)NCCN)c1. The highest BCUT2D eigenvalue weighted by molar-refractivity contribution is 7.89. The molecule has 1 aromatic rings. The van der Waals surface area contributed by atoms with E-state index in [9.17, 15) is 13.2 Å². The summed E-state index contributed by atoms with van der Waals surface area (Å²) in [6.45, 7) is 0.379. The van der Waals surface area contributed by atoms with Gasteiger partial charge in [0, 0.05) is 32.7 Å². The van der Waals surface area contributed by atoms with Crippen LogP contribution in [0.5, 0.6) is 0 Å². The van der Waals surface area contributed by atoms with Crippen LogP contribution in [-0.2, 0) is 10.0 Å². The minimum Gasteiger partial charge on any atom is -0.345 e. The van der Waals surface area contributed by atoms with Crippen LogP contribution in [0, 0.1) is 0 Å². The summed E-state index contributed by atoms with van der Waals surface area (Å²) >= 11 is 0. The van der Waals surface area contributed by atoms with Gasteiger partial charge in [-0.2, -0.15) is 0 Å². The molecule has 100 valence electrons. The Hall–Kier alpha value is -1.44. The van der Waals surface area contributed by atoms with Crippen LogP contribution in [0.2, 0.25) is 0 Å². The Morgan fingerprint density at radius 3 is 2.61 bits per heavy atom. The van der Waals surface area contributed by atoms with Gasteiger partial charge in [0.15, 0.2) is 0 Å². The van der Waals surface area contributed by atoms with Crippen LogP contribution in [0.3, 0.4) is 0 Å². The molecule has 0 aliphatic rings. The topological polar surface area (TPSA) is 92.5 Å². The molecule has 0 unspecified atom stereocenters. The number of carbonyl (C=O) groups excluding carboxylic acids is 1. The van der Waals surface area contributed by atoms with Crippen molar-refractivity contribution in [1.29, 1.82) is 0 Å². The number of sulfonamides is 1. The molecular weight excluding hydrogens is 254 g/mol. The first-order valence-corrected chi connectivity index (χ1v) is 6.88. The maximum absolute atomic E-state index is 11.8. The van der Waals surface area contributed by atoms with Crippen molar-refractivity contribution >= 4 is 15.9 Å². The van der Waals surface area contributed by atoms with Crippen molar-refractivity contribution in [2.24, 2.45) is 5.73 Å². The summed E-state index contributed by atoms with van der Waals surface area (Å²) in [6, 6.07) is 5.89. The van der Waals surface area contributed by atoms with Crippen LogP contribution < -0.4 is 10.5 Å². The molecule has 3 N–H and O–H groups in total. The number of hydrogen-bond acceptors (Lipinski definition) is 4. The van der Waals surface area contributed by atoms with Gasteiger partial charge in [-0.15, -0.1) is 0 Å². The van der Waals surface area contributed by atoms with Crippen molar-refractivity contribution in [1.82, 2.24) is 9.62 Å². The average molecular weight is 271 g/mol. The molecule has 0 saturated heterocycles. The van der Waals surface area contributed by atoms with E-state index in [4.69, 9.17) is 5.73 Å². The smallest absolute Gasteiger partial charge is 0.253 e. The van der Waals surface area contributed by atoms with Gasteiger partial charge in [0.1, 0.15) is 0 Å². The molecule has 0 fully saturated rings. The molecule has 0 aromatic heterocycles. The second-order valence-corrected chi connectivity index (χ2v) is 5.68. The third kappa shape index (κ3) is 3.52. The van der Waals surface area contributed by atoms with Crippen molar-refractivity contribution in [3.8, 4) is 0 Å². The molecule has 0 aliphatic heterocycles. The van der Waals surface area contributed by atoms with E-state index < -0.39 is 10.0 Å². The normalized spacial score (nSPS) is 11.3. The molecule has 0 bridgehead atoms. The summed E-state index contributed by atoms with van der Waals surface area (Å²) in [5.74, 6) is -0.245. The number of rotatable bonds is 5. The lowest BCUT2D eigenvalue weighted by atomic mass is 10.2. The van der Waals surface area contributed by atoms with Gasteiger partial charge in [-0.3, -0.25) is 4.79 Å². The summed E-state index contributed by atoms with van der Waals surface area (Å²) in [5, 5.41) is 0. The first kappa shape index (κ1) is 14.6. The zero-order valence-electron chi connectivity index (χ0n) is 10.4. The average Bonchev–Trinajstić information content (AvgIpc) is 2.35. The predicted octanol–water partition coefficient (Wildman–Crippen LogP) is -0.375. The lowest BCUT2D eigenvalue weighted by Gasteiger charge is -2.11. The van der Waals surface area contributed by atoms with Crippen LogP contribution in [0.25, 0.3) is 0 Å². The molecule has 0 spiro atoms. The first-order chi connectivity index (χ1) is 8.38. The zero-order valence-corrected chi connectivity index (χ0v) is 11.2. The van der Waals surface area contributed by atoms with Gasteiger partial charge < -0.3 is 10.6 Å². The van der Waals surface area contributed by atoms with Crippen molar-refractivity contribution in [3.63, 3.8) is 0 Å². The number of nitrogens with two attached hydrogens (primary N) is 1. The van der Waals surface area contributed by atoms with E-state index in [2.05, 4.69) is 4.72 Å². The Morgan fingerprint density at radius 1 is 1.39 bits per heavy atom. The van der Waals surface area contributed by atoms with Gasteiger partial charge >= 0.3 is 0 Å². The summed E-state index contributed by atoms with van der Waals surface area (Å²) < 4.78 is 26.0. The third-order valence-electron chi connectivity index (χ3n) is 2.23. The number of hydrogen-bond donors (Lipinski definition) is 2. The fourth-order valence-corrected chi connectivity index (χ4v) is 2.42. The summed E-state index contributed by atoms with van der Waals surface area (Å²) in [7, 11) is -0.390. The summed E-state index contributed by atoms with van der Waals surface area (Å²) in [6.07, 6.45) is 0. The van der Waals surface area contributed by atoms with E-state index >= 15 is 0 Å². The second-order valence-electron chi connectivity index (χ2n) is 3.91. The molecule has 0 radical (unpaired) electrons. The van der Waals surface area contributed by atoms with E-state index in [0.717, 1.165) is 0 Å². The lowest BCUT2D eigenvalue weighted by molar-refractivity contribution is 0.0827. The molecule has 0 atom stereocenters. The number of nitrogens with zero attached hydrogens (tertiary/aromatic N) is 1. The molecule has 7 heteroatoms. The maximum Gasteiger partial charge on any atom is 0.253 e. The standard InChI is InChI=1S/C11H17N3O3S/c1-14(2)11(15)9-4-3-5-10(8-9)18(16,17)13-7-6-12/h3-5,8,13H,6-7,12H2,1-2H3. The van der Waals surface area contributed by atoms with Gasteiger partial charge in [-0.25, -0.2) is 13.1 Å². The summed E-state index contributed by atoms with van der Waals surface area (Å²) in [5.41, 5.74) is 5.57. The largest absolute Gasteiger partial charge is 0.345 e. The molecule has 0 saturated carbocycles. The fraction of sp³-hybridized carbons (Fsp3) is 0.364. The number of benzene rings is 1. The number of amides is 1. The lowest BCUT2D eigenvalue weighted by Crippen LogP contribution is -2.29. The van der Waals surface area contributed by atoms with Gasteiger partial charge in [0.25, 0.3) is 5.91 Å². The van der Waals surface area contributed by atoms with Gasteiger partial charge in [0.2, 0.25) is 10.0 Å². The molecule has 1 amide bonds. The van der Waals surface area contributed by atoms with E-state index in [1.807, 2.05) is 0 Å². The van der Waals surface area contributed by atoms with Crippen LogP contribution in [-0.4, -0.2) is 46.4 Å². The van der Waals surface area contributed by atoms with Gasteiger partial charge in [0.05, 0.1) is 4.90 Å². The Morgan fingerprint density at radius 2 is 2.06 bits per heavy atom. The Labute approximate surface area is 107 Å². The quantitative estimate of drug-likeness (QED) is 0.764. The number of carbonyl (C=O) groups is 1. The highest BCUT2D eigenvalue weighted by Crippen LogP contribution is 2.12. The molecular formula is C11H17N3O3S. The maximum atomic E-state index is 11.8. The molecule has 6 nitrogen and oxygen atoms in total. The molecule has 1 aromatic carbocycles. The van der Waals surface area contributed by atoms with E-state index in [0.29, 0.717) is 5.56 Å². The minimum absolute atomic E-state index is 0.0589. The van der Waals surface area contributed by atoms with Crippen LogP contribution in [0.15, 0.2) is 29.2 Å². The predicted molar refractivity (Wildman–Crippen MR) is 68.7 cm³/mol. The molecule has 18 heavy (non-hydrogen) atoms. The van der Waals surface area contributed by atoms with Crippen LogP contribution >= 0.6 is 0 Å². The van der Waals surface area contributed by atoms with E-state index in [-0.39, 0.29) is 23.9 Å². The van der Waals surface area contributed by atoms with Gasteiger partial charge in [-0.1, -0.05) is 6.07 Å². The van der Waals surface area contributed by atoms with Gasteiger partial charge in [-0.05, 0) is 18.2 Å². The minimum atomic E-state index is -3.60. The Balaban J connectivity index is 3.06. The monoisotopic (exact) mass is 271 g/mol. The Kier molecular flexibility index (Phi) is 4.83. The zero-order chi connectivity index (χ0) is 13.8. The summed E-state index contributed by atoms with van der Waals surface area (Å²) in [4.78, 5) is 13.2.